The van der Waals surface area contributed by atoms with Crippen molar-refractivity contribution >= 4 is 22.5 Å². The Morgan fingerprint density at radius 2 is 1.39 bits per heavy atom. The number of rotatable bonds is 3. The van der Waals surface area contributed by atoms with Crippen LogP contribution in [0.4, 0.5) is 27.6 Å². The number of fused-ring (bicyclic) bond motifs is 1. The van der Waals surface area contributed by atoms with Crippen molar-refractivity contribution in [3.63, 3.8) is 0 Å². The maximum atomic E-state index is 14.0. The molecule has 0 bridgehead atoms. The van der Waals surface area contributed by atoms with Crippen LogP contribution in [0.15, 0.2) is 54.6 Å². The minimum atomic E-state index is -2.30. The van der Waals surface area contributed by atoms with Gasteiger partial charge in [-0.3, -0.25) is 4.79 Å². The van der Waals surface area contributed by atoms with Gasteiger partial charge >= 0.3 is 0 Å². The van der Waals surface area contributed by atoms with E-state index in [0.717, 1.165) is 11.1 Å². The van der Waals surface area contributed by atoms with E-state index < -0.39 is 40.7 Å². The molecule has 0 aliphatic rings. The minimum Gasteiger partial charge on any atom is -0.317 e. The van der Waals surface area contributed by atoms with E-state index in [1.807, 2.05) is 24.4 Å². The highest BCUT2D eigenvalue weighted by Gasteiger charge is 2.27. The van der Waals surface area contributed by atoms with Crippen molar-refractivity contribution in [2.75, 3.05) is 5.32 Å². The first kappa shape index (κ1) is 20.5. The van der Waals surface area contributed by atoms with Crippen LogP contribution in [0.5, 0.6) is 0 Å². The van der Waals surface area contributed by atoms with E-state index in [1.54, 1.807) is 36.4 Å². The van der Waals surface area contributed by atoms with Crippen LogP contribution in [0.3, 0.4) is 0 Å². The number of nitrogens with zero attached hydrogens (tertiary/aromatic N) is 1. The molecule has 31 heavy (non-hydrogen) atoms. The Labute approximate surface area is 173 Å². The van der Waals surface area contributed by atoms with E-state index in [0.29, 0.717) is 16.6 Å². The molecule has 4 aromatic rings. The third-order valence-corrected chi connectivity index (χ3v) is 4.83. The van der Waals surface area contributed by atoms with E-state index in [1.165, 1.54) is 6.07 Å². The van der Waals surface area contributed by atoms with Gasteiger partial charge in [0.05, 0.1) is 16.8 Å². The highest BCUT2D eigenvalue weighted by molar-refractivity contribution is 6.13. The SMILES string of the molecule is Cc1ccccc1-c1cc(C(=O)Nc2c(F)c(F)c(F)c(F)c2F)c2ccccc2n1. The molecular weight excluding hydrogens is 415 g/mol. The fourth-order valence-corrected chi connectivity index (χ4v) is 3.26. The molecule has 0 aliphatic carbocycles. The lowest BCUT2D eigenvalue weighted by atomic mass is 10.0. The van der Waals surface area contributed by atoms with Crippen LogP contribution in [-0.2, 0) is 0 Å². The number of hydrogen-bond donors (Lipinski definition) is 1. The number of aryl methyl sites for hydroxylation is 1. The topological polar surface area (TPSA) is 42.0 Å². The summed E-state index contributed by atoms with van der Waals surface area (Å²) < 4.78 is 68.4. The summed E-state index contributed by atoms with van der Waals surface area (Å²) in [4.78, 5) is 17.4. The monoisotopic (exact) mass is 428 g/mol. The van der Waals surface area contributed by atoms with E-state index >= 15 is 0 Å². The highest BCUT2D eigenvalue weighted by Crippen LogP contribution is 2.30. The molecule has 1 N–H and O–H groups in total. The third-order valence-electron chi connectivity index (χ3n) is 4.83. The molecule has 0 atom stereocenters. The molecule has 0 spiro atoms. The van der Waals surface area contributed by atoms with Crippen LogP contribution in [0.2, 0.25) is 0 Å². The molecule has 0 fully saturated rings. The Morgan fingerprint density at radius 3 is 2.06 bits per heavy atom. The summed E-state index contributed by atoms with van der Waals surface area (Å²) in [7, 11) is 0. The zero-order chi connectivity index (χ0) is 22.3. The number of halogens is 5. The Balaban J connectivity index is 1.87. The standard InChI is InChI=1S/C23H13F5N2O/c1-11-6-2-3-7-12(11)16-10-14(13-8-4-5-9-15(13)29-16)23(31)30-22-20(27)18(25)17(24)19(26)21(22)28/h2-10H,1H3,(H,30,31). The fraction of sp³-hybridized carbons (Fsp3) is 0.0435. The van der Waals surface area contributed by atoms with Crippen LogP contribution >= 0.6 is 0 Å². The summed E-state index contributed by atoms with van der Waals surface area (Å²) in [6.45, 7) is 1.85. The molecule has 0 unspecified atom stereocenters. The average Bonchev–Trinajstić information content (AvgIpc) is 2.78. The minimum absolute atomic E-state index is 0.0344. The Kier molecular flexibility index (Phi) is 5.14. The smallest absolute Gasteiger partial charge is 0.256 e. The van der Waals surface area contributed by atoms with Gasteiger partial charge in [0.15, 0.2) is 23.3 Å². The van der Waals surface area contributed by atoms with Gasteiger partial charge in [-0.2, -0.15) is 0 Å². The number of aromatic nitrogens is 1. The normalized spacial score (nSPS) is 11.0. The van der Waals surface area contributed by atoms with Crippen molar-refractivity contribution in [3.05, 3.63) is 94.8 Å². The first-order valence-corrected chi connectivity index (χ1v) is 9.08. The van der Waals surface area contributed by atoms with Crippen molar-refractivity contribution in [1.29, 1.82) is 0 Å². The molecule has 0 radical (unpaired) electrons. The number of benzene rings is 3. The van der Waals surface area contributed by atoms with Crippen molar-refractivity contribution in [3.8, 4) is 11.3 Å². The predicted molar refractivity (Wildman–Crippen MR) is 106 cm³/mol. The highest BCUT2D eigenvalue weighted by atomic mass is 19.2. The molecule has 0 saturated heterocycles. The third kappa shape index (κ3) is 3.50. The number of anilines is 1. The molecule has 3 nitrogen and oxygen atoms in total. The van der Waals surface area contributed by atoms with Crippen LogP contribution < -0.4 is 5.32 Å². The predicted octanol–water partition coefficient (Wildman–Crippen LogP) is 6.16. The Morgan fingerprint density at radius 1 is 0.806 bits per heavy atom. The quantitative estimate of drug-likeness (QED) is 0.241. The molecular formula is C23H13F5N2O. The second kappa shape index (κ2) is 7.79. The van der Waals surface area contributed by atoms with E-state index in [9.17, 15) is 26.7 Å². The van der Waals surface area contributed by atoms with Gasteiger partial charge in [-0.05, 0) is 24.6 Å². The number of pyridine rings is 1. The summed E-state index contributed by atoms with van der Waals surface area (Å²) in [6.07, 6.45) is 0. The molecule has 8 heteroatoms. The first-order chi connectivity index (χ1) is 14.8. The average molecular weight is 428 g/mol. The van der Waals surface area contributed by atoms with Crippen molar-refractivity contribution in [1.82, 2.24) is 4.98 Å². The molecule has 1 amide bonds. The number of hydrogen-bond acceptors (Lipinski definition) is 2. The summed E-state index contributed by atoms with van der Waals surface area (Å²) in [6, 6.07) is 15.2. The first-order valence-electron chi connectivity index (χ1n) is 9.08. The van der Waals surface area contributed by atoms with Gasteiger partial charge in [-0.1, -0.05) is 42.5 Å². The van der Waals surface area contributed by atoms with Gasteiger partial charge in [-0.15, -0.1) is 0 Å². The maximum Gasteiger partial charge on any atom is 0.256 e. The van der Waals surface area contributed by atoms with Crippen molar-refractivity contribution in [2.24, 2.45) is 0 Å². The van der Waals surface area contributed by atoms with E-state index in [-0.39, 0.29) is 5.56 Å². The van der Waals surface area contributed by atoms with Crippen molar-refractivity contribution in [2.45, 2.75) is 6.92 Å². The van der Waals surface area contributed by atoms with Gasteiger partial charge in [0.25, 0.3) is 5.91 Å². The Hall–Kier alpha value is -3.81. The van der Waals surface area contributed by atoms with Crippen LogP contribution in [-0.4, -0.2) is 10.9 Å². The number of para-hydroxylation sites is 1. The second-order valence-electron chi connectivity index (χ2n) is 6.79. The van der Waals surface area contributed by atoms with Crippen LogP contribution in [0.25, 0.3) is 22.2 Å². The summed E-state index contributed by atoms with van der Waals surface area (Å²) >= 11 is 0. The zero-order valence-electron chi connectivity index (χ0n) is 15.9. The van der Waals surface area contributed by atoms with Gasteiger partial charge < -0.3 is 5.32 Å². The van der Waals surface area contributed by atoms with Crippen molar-refractivity contribution < 1.29 is 26.7 Å². The maximum absolute atomic E-state index is 14.0. The fourth-order valence-electron chi connectivity index (χ4n) is 3.26. The lowest BCUT2D eigenvalue weighted by Crippen LogP contribution is -2.17. The zero-order valence-corrected chi connectivity index (χ0v) is 15.9. The number of carbonyl (C=O) groups is 1. The van der Waals surface area contributed by atoms with Gasteiger partial charge in [-0.25, -0.2) is 26.9 Å². The molecule has 4 rings (SSSR count). The molecule has 0 aliphatic heterocycles. The molecule has 156 valence electrons. The lowest BCUT2D eigenvalue weighted by molar-refractivity contribution is 0.102. The summed E-state index contributed by atoms with van der Waals surface area (Å²) in [5, 5.41) is 2.17. The van der Waals surface area contributed by atoms with Gasteiger partial charge in [0.1, 0.15) is 5.69 Å². The van der Waals surface area contributed by atoms with Crippen LogP contribution in [0.1, 0.15) is 15.9 Å². The molecule has 0 saturated carbocycles. The molecule has 1 aromatic heterocycles. The van der Waals surface area contributed by atoms with E-state index in [4.69, 9.17) is 0 Å². The second-order valence-corrected chi connectivity index (χ2v) is 6.79. The molecule has 1 heterocycles. The molecule has 3 aromatic carbocycles. The van der Waals surface area contributed by atoms with E-state index in [2.05, 4.69) is 4.98 Å². The Bertz CT molecular complexity index is 1320. The van der Waals surface area contributed by atoms with Gasteiger partial charge in [0.2, 0.25) is 5.82 Å². The number of amides is 1. The van der Waals surface area contributed by atoms with Crippen LogP contribution in [0, 0.1) is 36.0 Å². The summed E-state index contributed by atoms with van der Waals surface area (Å²) in [5.74, 6) is -11.9. The summed E-state index contributed by atoms with van der Waals surface area (Å²) in [5.41, 5.74) is 0.979. The number of carbonyl (C=O) groups excluding carboxylic acids is 1. The number of nitrogens with one attached hydrogen (secondary N) is 1. The largest absolute Gasteiger partial charge is 0.317 e. The van der Waals surface area contributed by atoms with Gasteiger partial charge in [0, 0.05) is 10.9 Å². The lowest BCUT2D eigenvalue weighted by Gasteiger charge is -2.13.